The van der Waals surface area contributed by atoms with E-state index >= 15 is 0 Å². The Bertz CT molecular complexity index is 1300. The molecule has 0 bridgehead atoms. The molecule has 360 valence electrons. The fourth-order valence-electron chi connectivity index (χ4n) is 6.30. The molecule has 9 nitrogen and oxygen atoms in total. The summed E-state index contributed by atoms with van der Waals surface area (Å²) in [6.45, 7) is 4.56. The summed E-state index contributed by atoms with van der Waals surface area (Å²) < 4.78 is 22.6. The van der Waals surface area contributed by atoms with Crippen molar-refractivity contribution in [2.24, 2.45) is 0 Å². The second-order valence-electron chi connectivity index (χ2n) is 17.4. The number of carbonyl (C=O) groups excluding carboxylic acids is 3. The van der Waals surface area contributed by atoms with Crippen molar-refractivity contribution in [1.29, 1.82) is 0 Å². The Morgan fingerprint density at radius 1 is 0.492 bits per heavy atom. The van der Waals surface area contributed by atoms with Crippen LogP contribution in [-0.2, 0) is 33.3 Å². The number of nitrogens with zero attached hydrogens (tertiary/aromatic N) is 1. The lowest BCUT2D eigenvalue weighted by atomic mass is 10.1. The number of quaternary nitrogens is 1. The molecule has 2 atom stereocenters. The first-order valence-electron chi connectivity index (χ1n) is 24.7. The monoisotopic (exact) mass is 882 g/mol. The van der Waals surface area contributed by atoms with E-state index < -0.39 is 24.3 Å². The van der Waals surface area contributed by atoms with Gasteiger partial charge in [0.25, 0.3) is 0 Å². The lowest BCUT2D eigenvalue weighted by Crippen LogP contribution is -2.44. The third-order valence-corrected chi connectivity index (χ3v) is 10.1. The largest absolute Gasteiger partial charge is 0.545 e. The van der Waals surface area contributed by atoms with E-state index in [9.17, 15) is 19.5 Å². The lowest BCUT2D eigenvalue weighted by Gasteiger charge is -2.26. The number of hydrogen-bond donors (Lipinski definition) is 0. The molecule has 9 heteroatoms. The summed E-state index contributed by atoms with van der Waals surface area (Å²) in [5.41, 5.74) is 0. The number of unbranched alkanes of at least 4 members (excludes halogenated alkanes) is 15. The van der Waals surface area contributed by atoms with E-state index in [1.54, 1.807) is 0 Å². The number of likely N-dealkylation sites (N-methyl/N-ethyl adjacent to an activating group) is 1. The van der Waals surface area contributed by atoms with Crippen LogP contribution in [0.25, 0.3) is 0 Å². The third kappa shape index (κ3) is 46.3. The summed E-state index contributed by atoms with van der Waals surface area (Å²) in [6.07, 6.45) is 54.7. The summed E-state index contributed by atoms with van der Waals surface area (Å²) in [6, 6.07) is 0. The Kier molecular flexibility index (Phi) is 42.5. The van der Waals surface area contributed by atoms with Gasteiger partial charge in [-0.15, -0.1) is 0 Å². The minimum absolute atomic E-state index is 0.137. The standard InChI is InChI=1S/C54H91NO8/c1-6-8-10-12-14-16-18-20-22-23-24-25-26-27-28-29-31-33-35-37-39-41-43-45-52(57)63-50(49-62-54(53(58)59)60-47-46-55(3,4)5)48-61-51(56)44-42-40-38-36-34-32-30-21-19-17-15-13-11-9-7-2/h8,10,14,16,20-22,24-25,27-28,30-31,33,50,54H,6-7,9,11-13,15,17-19,23,26,29,32,34-49H2,1-5H3/b10-8-,16-14-,22-20-,25-24-,28-27-,30-21-,33-31-. The van der Waals surface area contributed by atoms with E-state index in [1.165, 1.54) is 44.9 Å². The molecule has 0 rings (SSSR count). The highest BCUT2D eigenvalue weighted by molar-refractivity contribution is 5.70. The third-order valence-electron chi connectivity index (χ3n) is 10.1. The van der Waals surface area contributed by atoms with Crippen LogP contribution in [0, 0.1) is 0 Å². The fraction of sp³-hybridized carbons (Fsp3) is 0.685. The molecule has 0 fully saturated rings. The fourth-order valence-corrected chi connectivity index (χ4v) is 6.30. The molecular formula is C54H91NO8. The maximum atomic E-state index is 12.8. The van der Waals surface area contributed by atoms with Crippen molar-refractivity contribution in [3.8, 4) is 0 Å². The Hall–Kier alpha value is -3.53. The van der Waals surface area contributed by atoms with Gasteiger partial charge >= 0.3 is 11.9 Å². The van der Waals surface area contributed by atoms with E-state index in [0.29, 0.717) is 17.4 Å². The number of rotatable bonds is 44. The van der Waals surface area contributed by atoms with Gasteiger partial charge in [0.1, 0.15) is 13.2 Å². The molecule has 2 unspecified atom stereocenters. The average Bonchev–Trinajstić information content (AvgIpc) is 3.24. The number of carboxylic acids is 1. The molecule has 0 radical (unpaired) electrons. The van der Waals surface area contributed by atoms with E-state index in [-0.39, 0.29) is 38.6 Å². The molecule has 63 heavy (non-hydrogen) atoms. The molecule has 0 aliphatic carbocycles. The van der Waals surface area contributed by atoms with Gasteiger partial charge < -0.3 is 33.3 Å². The van der Waals surface area contributed by atoms with Crippen LogP contribution in [0.3, 0.4) is 0 Å². The van der Waals surface area contributed by atoms with Gasteiger partial charge in [-0.2, -0.15) is 0 Å². The number of carboxylic acid groups (broad SMARTS) is 1. The van der Waals surface area contributed by atoms with E-state index in [0.717, 1.165) is 103 Å². The van der Waals surface area contributed by atoms with Crippen LogP contribution in [0.2, 0.25) is 0 Å². The van der Waals surface area contributed by atoms with E-state index in [1.807, 2.05) is 21.1 Å². The molecule has 0 spiro atoms. The minimum Gasteiger partial charge on any atom is -0.545 e. The normalized spacial score (nSPS) is 13.6. The van der Waals surface area contributed by atoms with Crippen molar-refractivity contribution in [3.63, 3.8) is 0 Å². The van der Waals surface area contributed by atoms with Gasteiger partial charge in [-0.05, 0) is 89.9 Å². The summed E-state index contributed by atoms with van der Waals surface area (Å²) >= 11 is 0. The van der Waals surface area contributed by atoms with Crippen LogP contribution >= 0.6 is 0 Å². The van der Waals surface area contributed by atoms with Crippen molar-refractivity contribution in [3.05, 3.63) is 85.1 Å². The molecule has 0 saturated heterocycles. The summed E-state index contributed by atoms with van der Waals surface area (Å²) in [4.78, 5) is 37.1. The molecule has 0 amide bonds. The van der Waals surface area contributed by atoms with Gasteiger partial charge in [0.05, 0.1) is 40.3 Å². The van der Waals surface area contributed by atoms with Crippen LogP contribution in [0.1, 0.15) is 181 Å². The van der Waals surface area contributed by atoms with Crippen molar-refractivity contribution in [1.82, 2.24) is 0 Å². The Balaban J connectivity index is 4.46. The van der Waals surface area contributed by atoms with Crippen molar-refractivity contribution in [2.45, 2.75) is 193 Å². The Morgan fingerprint density at radius 2 is 0.905 bits per heavy atom. The quantitative estimate of drug-likeness (QED) is 0.0196. The number of hydrogen-bond acceptors (Lipinski definition) is 8. The highest BCUT2D eigenvalue weighted by atomic mass is 16.7. The van der Waals surface area contributed by atoms with Gasteiger partial charge in [-0.1, -0.05) is 163 Å². The zero-order chi connectivity index (χ0) is 46.3. The van der Waals surface area contributed by atoms with Crippen LogP contribution in [0.15, 0.2) is 85.1 Å². The number of carbonyl (C=O) groups is 3. The highest BCUT2D eigenvalue weighted by Gasteiger charge is 2.21. The van der Waals surface area contributed by atoms with Crippen LogP contribution in [0.5, 0.6) is 0 Å². The Morgan fingerprint density at radius 3 is 1.37 bits per heavy atom. The average molecular weight is 882 g/mol. The van der Waals surface area contributed by atoms with Crippen LogP contribution in [0.4, 0.5) is 0 Å². The van der Waals surface area contributed by atoms with Gasteiger partial charge in [0.15, 0.2) is 12.4 Å². The molecular weight excluding hydrogens is 791 g/mol. The van der Waals surface area contributed by atoms with Gasteiger partial charge in [-0.3, -0.25) is 9.59 Å². The number of allylic oxidation sites excluding steroid dienone is 14. The number of esters is 2. The van der Waals surface area contributed by atoms with Crippen LogP contribution in [-0.4, -0.2) is 82.3 Å². The summed E-state index contributed by atoms with van der Waals surface area (Å²) in [5.74, 6) is -2.34. The van der Waals surface area contributed by atoms with Gasteiger partial charge in [0, 0.05) is 12.8 Å². The first kappa shape index (κ1) is 59.5. The zero-order valence-corrected chi connectivity index (χ0v) is 40.7. The van der Waals surface area contributed by atoms with E-state index in [4.69, 9.17) is 18.9 Å². The molecule has 0 aliphatic rings. The number of ether oxygens (including phenoxy) is 4. The predicted octanol–water partition coefficient (Wildman–Crippen LogP) is 12.3. The minimum atomic E-state index is -1.63. The maximum absolute atomic E-state index is 12.8. The maximum Gasteiger partial charge on any atom is 0.306 e. The summed E-state index contributed by atoms with van der Waals surface area (Å²) in [5, 5.41) is 11.7. The van der Waals surface area contributed by atoms with Gasteiger partial charge in [-0.25, -0.2) is 0 Å². The molecule has 0 heterocycles. The zero-order valence-electron chi connectivity index (χ0n) is 40.7. The topological polar surface area (TPSA) is 111 Å². The van der Waals surface area contributed by atoms with Gasteiger partial charge in [0.2, 0.25) is 0 Å². The Labute approximate surface area is 385 Å². The second kappa shape index (κ2) is 45.1. The highest BCUT2D eigenvalue weighted by Crippen LogP contribution is 2.13. The molecule has 0 aromatic carbocycles. The predicted molar refractivity (Wildman–Crippen MR) is 260 cm³/mol. The number of aliphatic carboxylic acids is 1. The molecule has 0 aromatic rings. The smallest absolute Gasteiger partial charge is 0.306 e. The molecule has 0 aliphatic heterocycles. The van der Waals surface area contributed by atoms with Crippen molar-refractivity contribution >= 4 is 17.9 Å². The molecule has 0 N–H and O–H groups in total. The van der Waals surface area contributed by atoms with Crippen molar-refractivity contribution in [2.75, 3.05) is 47.5 Å². The SMILES string of the molecule is CC/C=C\C/C=C\C/C=C\C/C=C\C/C=C\C/C=C\CCCCCCC(=O)OC(COC(=O)CCCCCCC/C=C\CCCCCCCC)COC(OCC[N+](C)(C)C)C(=O)[O-]. The van der Waals surface area contributed by atoms with Crippen LogP contribution < -0.4 is 5.11 Å². The first-order valence-corrected chi connectivity index (χ1v) is 24.7. The molecule has 0 saturated carbocycles. The molecule has 0 aromatic heterocycles. The first-order chi connectivity index (χ1) is 30.6. The van der Waals surface area contributed by atoms with Crippen molar-refractivity contribution < 1.29 is 42.9 Å². The second-order valence-corrected chi connectivity index (χ2v) is 17.4. The summed E-state index contributed by atoms with van der Waals surface area (Å²) in [7, 11) is 5.89. The lowest BCUT2D eigenvalue weighted by molar-refractivity contribution is -0.870. The van der Waals surface area contributed by atoms with E-state index in [2.05, 4.69) is 98.9 Å².